The molecule has 1 aliphatic carbocycles. The monoisotopic (exact) mass is 257 g/mol. The number of hydrogen-bond acceptors (Lipinski definition) is 2. The van der Waals surface area contributed by atoms with Crippen molar-refractivity contribution in [1.29, 1.82) is 0 Å². The summed E-state index contributed by atoms with van der Waals surface area (Å²) in [6.07, 6.45) is 15.3. The smallest absolute Gasteiger partial charge is 0.246 e. The van der Waals surface area contributed by atoms with Crippen LogP contribution in [0.3, 0.4) is 0 Å². The highest BCUT2D eigenvalue weighted by atomic mass is 16.1. The number of hydrogen-bond donors (Lipinski definition) is 0. The van der Waals surface area contributed by atoms with Gasteiger partial charge in [0.1, 0.15) is 0 Å². The first kappa shape index (κ1) is 13.5. The molecule has 0 radical (unpaired) electrons. The molecule has 2 rings (SSSR count). The van der Waals surface area contributed by atoms with Crippen LogP contribution < -0.4 is 5.36 Å². The van der Waals surface area contributed by atoms with Gasteiger partial charge in [-0.15, -0.1) is 0 Å². The van der Waals surface area contributed by atoms with Crippen molar-refractivity contribution in [2.24, 2.45) is 4.99 Å². The Labute approximate surface area is 113 Å². The van der Waals surface area contributed by atoms with Gasteiger partial charge in [0.2, 0.25) is 5.91 Å². The van der Waals surface area contributed by atoms with E-state index in [9.17, 15) is 4.79 Å². The van der Waals surface area contributed by atoms with Crippen LogP contribution in [0.1, 0.15) is 38.6 Å². The van der Waals surface area contributed by atoms with Crippen LogP contribution in [0.25, 0.3) is 0 Å². The number of amides is 1. The Morgan fingerprint density at radius 2 is 2.26 bits per heavy atom. The molecule has 100 valence electrons. The molecule has 0 N–H and O–H groups in total. The summed E-state index contributed by atoms with van der Waals surface area (Å²) < 4.78 is 1.85. The van der Waals surface area contributed by atoms with Gasteiger partial charge in [-0.1, -0.05) is 37.6 Å². The molecule has 1 aromatic heterocycles. The average molecular weight is 257 g/mol. The van der Waals surface area contributed by atoms with E-state index in [1.54, 1.807) is 6.20 Å². The zero-order chi connectivity index (χ0) is 13.5. The second-order valence-electron chi connectivity index (χ2n) is 4.56. The molecule has 1 heterocycles. The predicted octanol–water partition coefficient (Wildman–Crippen LogP) is 2.56. The van der Waals surface area contributed by atoms with Gasteiger partial charge < -0.3 is 0 Å². The Morgan fingerprint density at radius 3 is 2.89 bits per heavy atom. The average Bonchev–Trinajstić information content (AvgIpc) is 2.47. The van der Waals surface area contributed by atoms with Crippen LogP contribution in [0.4, 0.5) is 0 Å². The largest absolute Gasteiger partial charge is 0.273 e. The fourth-order valence-electron chi connectivity index (χ4n) is 1.89. The molecule has 1 aliphatic rings. The number of carbonyl (C=O) groups excluding carboxylic acids is 1. The summed E-state index contributed by atoms with van der Waals surface area (Å²) in [7, 11) is 0. The lowest BCUT2D eigenvalue weighted by Crippen LogP contribution is -2.15. The van der Waals surface area contributed by atoms with Gasteiger partial charge in [0.05, 0.1) is 17.6 Å². The molecular formula is C15H19N3O. The van der Waals surface area contributed by atoms with Gasteiger partial charge in [0.15, 0.2) is 0 Å². The van der Waals surface area contributed by atoms with E-state index >= 15 is 0 Å². The summed E-state index contributed by atoms with van der Waals surface area (Å²) in [6, 6.07) is 1.99. The lowest BCUT2D eigenvalue weighted by molar-refractivity contribution is -0.118. The van der Waals surface area contributed by atoms with Gasteiger partial charge in [-0.2, -0.15) is 5.10 Å². The van der Waals surface area contributed by atoms with Crippen molar-refractivity contribution < 1.29 is 4.79 Å². The molecule has 0 unspecified atom stereocenters. The molecule has 0 saturated carbocycles. The quantitative estimate of drug-likeness (QED) is 0.778. The highest BCUT2D eigenvalue weighted by molar-refractivity contribution is 5.76. The number of rotatable bonds is 4. The van der Waals surface area contributed by atoms with Crippen molar-refractivity contribution in [3.63, 3.8) is 0 Å². The maximum absolute atomic E-state index is 11.5. The van der Waals surface area contributed by atoms with Crippen LogP contribution in [0.5, 0.6) is 0 Å². The molecule has 0 bridgehead atoms. The Balaban J connectivity index is 2.07. The third-order valence-electron chi connectivity index (χ3n) is 2.96. The van der Waals surface area contributed by atoms with E-state index in [-0.39, 0.29) is 11.9 Å². The second-order valence-corrected chi connectivity index (χ2v) is 4.56. The van der Waals surface area contributed by atoms with E-state index in [2.05, 4.69) is 41.3 Å². The van der Waals surface area contributed by atoms with Gasteiger partial charge in [0.25, 0.3) is 0 Å². The van der Waals surface area contributed by atoms with Crippen LogP contribution in [-0.2, 0) is 4.79 Å². The number of allylic oxidation sites excluding steroid dienone is 4. The van der Waals surface area contributed by atoms with Crippen LogP contribution >= 0.6 is 0 Å². The van der Waals surface area contributed by atoms with E-state index in [0.717, 1.165) is 19.3 Å². The van der Waals surface area contributed by atoms with E-state index in [0.29, 0.717) is 11.8 Å². The van der Waals surface area contributed by atoms with Crippen LogP contribution in [0.2, 0.25) is 0 Å². The molecule has 4 nitrogen and oxygen atoms in total. The summed E-state index contributed by atoms with van der Waals surface area (Å²) in [5.41, 5.74) is 0. The maximum atomic E-state index is 11.5. The van der Waals surface area contributed by atoms with E-state index in [1.807, 2.05) is 16.9 Å². The molecule has 0 saturated heterocycles. The standard InChI is InChI=1S/C15H19N3O/c1-2-3-9-15(19)17-13-10-11-18(16-12-13)14-7-5-4-6-8-14/h5-8,10-12,14H,2-4,9H2,1H3. The van der Waals surface area contributed by atoms with Gasteiger partial charge in [-0.05, 0) is 18.9 Å². The van der Waals surface area contributed by atoms with Crippen molar-refractivity contribution in [1.82, 2.24) is 9.78 Å². The highest BCUT2D eigenvalue weighted by Crippen LogP contribution is 2.12. The molecule has 19 heavy (non-hydrogen) atoms. The van der Waals surface area contributed by atoms with Crippen molar-refractivity contribution in [3.8, 4) is 0 Å². The normalized spacial score (nSPS) is 15.9. The lowest BCUT2D eigenvalue weighted by atomic mass is 10.1. The molecule has 0 spiro atoms. The Morgan fingerprint density at radius 1 is 1.47 bits per heavy atom. The first-order valence-corrected chi connectivity index (χ1v) is 6.75. The first-order chi connectivity index (χ1) is 9.29. The summed E-state index contributed by atoms with van der Waals surface area (Å²) >= 11 is 0. The molecule has 1 aromatic rings. The third kappa shape index (κ3) is 4.02. The van der Waals surface area contributed by atoms with Crippen molar-refractivity contribution >= 4 is 5.91 Å². The van der Waals surface area contributed by atoms with Gasteiger partial charge >= 0.3 is 0 Å². The van der Waals surface area contributed by atoms with Crippen molar-refractivity contribution in [2.75, 3.05) is 0 Å². The molecule has 0 aromatic carbocycles. The minimum atomic E-state index is -0.0705. The maximum Gasteiger partial charge on any atom is 0.246 e. The second kappa shape index (κ2) is 6.83. The third-order valence-corrected chi connectivity index (χ3v) is 2.96. The zero-order valence-corrected chi connectivity index (χ0v) is 11.2. The van der Waals surface area contributed by atoms with Crippen LogP contribution in [-0.4, -0.2) is 15.7 Å². The lowest BCUT2D eigenvalue weighted by Gasteiger charge is -2.13. The molecule has 0 fully saturated rings. The minimum absolute atomic E-state index is 0.0705. The fraction of sp³-hybridized carbons (Fsp3) is 0.400. The SMILES string of the molecule is CCCCC(=O)N=c1ccn(C2C=CCC=C2)nc1. The summed E-state index contributed by atoms with van der Waals surface area (Å²) in [5.74, 6) is -0.0705. The highest BCUT2D eigenvalue weighted by Gasteiger charge is 2.04. The summed E-state index contributed by atoms with van der Waals surface area (Å²) in [5, 5.41) is 4.93. The number of carbonyl (C=O) groups is 1. The fourth-order valence-corrected chi connectivity index (χ4v) is 1.89. The van der Waals surface area contributed by atoms with Gasteiger partial charge in [-0.25, -0.2) is 4.99 Å². The molecule has 0 atom stereocenters. The molecule has 4 heteroatoms. The first-order valence-electron chi connectivity index (χ1n) is 6.75. The summed E-state index contributed by atoms with van der Waals surface area (Å²) in [6.45, 7) is 2.06. The summed E-state index contributed by atoms with van der Waals surface area (Å²) in [4.78, 5) is 15.6. The number of aromatic nitrogens is 2. The minimum Gasteiger partial charge on any atom is -0.273 e. The predicted molar refractivity (Wildman–Crippen MR) is 74.3 cm³/mol. The topological polar surface area (TPSA) is 47.2 Å². The molecular weight excluding hydrogens is 238 g/mol. The van der Waals surface area contributed by atoms with Crippen molar-refractivity contribution in [2.45, 2.75) is 38.6 Å². The molecule has 1 amide bonds. The zero-order valence-electron chi connectivity index (χ0n) is 11.2. The van der Waals surface area contributed by atoms with Crippen LogP contribution in [0, 0.1) is 0 Å². The number of nitrogens with zero attached hydrogens (tertiary/aromatic N) is 3. The van der Waals surface area contributed by atoms with Crippen molar-refractivity contribution in [3.05, 3.63) is 48.1 Å². The number of unbranched alkanes of at least 4 members (excludes halogenated alkanes) is 1. The Bertz CT molecular complexity index is 522. The Kier molecular flexibility index (Phi) is 4.84. The van der Waals surface area contributed by atoms with E-state index < -0.39 is 0 Å². The van der Waals surface area contributed by atoms with Gasteiger partial charge in [-0.3, -0.25) is 9.48 Å². The van der Waals surface area contributed by atoms with Gasteiger partial charge in [0, 0.05) is 12.6 Å². The van der Waals surface area contributed by atoms with Crippen LogP contribution in [0.15, 0.2) is 47.8 Å². The van der Waals surface area contributed by atoms with E-state index in [4.69, 9.17) is 0 Å². The van der Waals surface area contributed by atoms with E-state index in [1.165, 1.54) is 0 Å². The Hall–Kier alpha value is -1.97. The molecule has 0 aliphatic heterocycles.